The highest BCUT2D eigenvalue weighted by Crippen LogP contribution is 2.10. The molecule has 0 bridgehead atoms. The fourth-order valence-electron chi connectivity index (χ4n) is 2.69. The summed E-state index contributed by atoms with van der Waals surface area (Å²) in [5, 5.41) is 6.82. The number of rotatable bonds is 7. The second kappa shape index (κ2) is 10.0. The van der Waals surface area contributed by atoms with Gasteiger partial charge < -0.3 is 15.4 Å². The predicted molar refractivity (Wildman–Crippen MR) is 89.9 cm³/mol. The molecule has 1 heterocycles. The van der Waals surface area contributed by atoms with Crippen LogP contribution in [0.2, 0.25) is 0 Å². The Labute approximate surface area is 130 Å². The number of morpholine rings is 1. The highest BCUT2D eigenvalue weighted by molar-refractivity contribution is 5.79. The second-order valence-electron chi connectivity index (χ2n) is 6.43. The molecule has 0 aromatic carbocycles. The van der Waals surface area contributed by atoms with Crippen LogP contribution in [0.15, 0.2) is 4.99 Å². The standard InChI is InChI=1S/C16H34N4O/c1-13(2)7-6-8-18-16(17-5)19-11-14(3)20-9-10-21-12-15(20)4/h13-15H,6-12H2,1-5H3,(H2,17,18,19). The van der Waals surface area contributed by atoms with Gasteiger partial charge in [-0.05, 0) is 32.6 Å². The van der Waals surface area contributed by atoms with Crippen LogP contribution in [-0.4, -0.2) is 62.8 Å². The lowest BCUT2D eigenvalue weighted by atomic mass is 10.1. The van der Waals surface area contributed by atoms with E-state index in [4.69, 9.17) is 4.74 Å². The molecule has 0 radical (unpaired) electrons. The molecule has 21 heavy (non-hydrogen) atoms. The van der Waals surface area contributed by atoms with Gasteiger partial charge in [0, 0.05) is 38.8 Å². The lowest BCUT2D eigenvalue weighted by Crippen LogP contribution is -2.53. The molecule has 124 valence electrons. The number of nitrogens with zero attached hydrogens (tertiary/aromatic N) is 2. The third-order valence-corrected chi connectivity index (χ3v) is 4.02. The Morgan fingerprint density at radius 2 is 2.10 bits per heavy atom. The molecule has 0 aromatic heterocycles. The maximum Gasteiger partial charge on any atom is 0.191 e. The van der Waals surface area contributed by atoms with Crippen LogP contribution < -0.4 is 10.6 Å². The quantitative estimate of drug-likeness (QED) is 0.427. The van der Waals surface area contributed by atoms with Gasteiger partial charge in [0.1, 0.15) is 0 Å². The number of guanidine groups is 1. The van der Waals surface area contributed by atoms with Crippen molar-refractivity contribution in [1.29, 1.82) is 0 Å². The van der Waals surface area contributed by atoms with Gasteiger partial charge in [-0.25, -0.2) is 0 Å². The van der Waals surface area contributed by atoms with Crippen molar-refractivity contribution < 1.29 is 4.74 Å². The molecule has 1 saturated heterocycles. The first-order valence-electron chi connectivity index (χ1n) is 8.32. The van der Waals surface area contributed by atoms with Gasteiger partial charge in [0.2, 0.25) is 0 Å². The van der Waals surface area contributed by atoms with E-state index < -0.39 is 0 Å². The Hall–Kier alpha value is -0.810. The zero-order valence-electron chi connectivity index (χ0n) is 14.5. The molecule has 5 nitrogen and oxygen atoms in total. The molecule has 0 amide bonds. The van der Waals surface area contributed by atoms with E-state index >= 15 is 0 Å². The van der Waals surface area contributed by atoms with E-state index in [1.54, 1.807) is 0 Å². The van der Waals surface area contributed by atoms with Gasteiger partial charge in [-0.3, -0.25) is 9.89 Å². The van der Waals surface area contributed by atoms with Crippen molar-refractivity contribution in [3.05, 3.63) is 0 Å². The first-order chi connectivity index (χ1) is 10.0. The van der Waals surface area contributed by atoms with Crippen LogP contribution >= 0.6 is 0 Å². The van der Waals surface area contributed by atoms with Crippen LogP contribution in [0, 0.1) is 5.92 Å². The lowest BCUT2D eigenvalue weighted by Gasteiger charge is -2.38. The Morgan fingerprint density at radius 3 is 2.71 bits per heavy atom. The minimum absolute atomic E-state index is 0.484. The molecular formula is C16H34N4O. The molecule has 5 heteroatoms. The normalized spacial score (nSPS) is 22.4. The number of hydrogen-bond donors (Lipinski definition) is 2. The summed E-state index contributed by atoms with van der Waals surface area (Å²) in [7, 11) is 1.83. The van der Waals surface area contributed by atoms with E-state index in [1.807, 2.05) is 7.05 Å². The molecule has 0 aromatic rings. The van der Waals surface area contributed by atoms with Crippen molar-refractivity contribution >= 4 is 5.96 Å². The first-order valence-corrected chi connectivity index (χ1v) is 8.32. The van der Waals surface area contributed by atoms with Crippen molar-refractivity contribution in [2.75, 3.05) is 39.9 Å². The zero-order chi connectivity index (χ0) is 15.7. The molecule has 0 aliphatic carbocycles. The minimum atomic E-state index is 0.484. The topological polar surface area (TPSA) is 48.9 Å². The van der Waals surface area contributed by atoms with Crippen molar-refractivity contribution in [3.8, 4) is 0 Å². The third kappa shape index (κ3) is 7.14. The fourth-order valence-corrected chi connectivity index (χ4v) is 2.69. The predicted octanol–water partition coefficient (Wildman–Crippen LogP) is 1.70. The molecular weight excluding hydrogens is 264 g/mol. The van der Waals surface area contributed by atoms with Crippen molar-refractivity contribution in [2.45, 2.75) is 52.6 Å². The van der Waals surface area contributed by atoms with Gasteiger partial charge in [0.05, 0.1) is 13.2 Å². The average molecular weight is 298 g/mol. The number of nitrogens with one attached hydrogen (secondary N) is 2. The van der Waals surface area contributed by atoms with E-state index in [-0.39, 0.29) is 0 Å². The maximum atomic E-state index is 5.50. The molecule has 1 rings (SSSR count). The third-order valence-electron chi connectivity index (χ3n) is 4.02. The van der Waals surface area contributed by atoms with Gasteiger partial charge in [-0.1, -0.05) is 13.8 Å². The molecule has 1 aliphatic heterocycles. The largest absolute Gasteiger partial charge is 0.379 e. The maximum absolute atomic E-state index is 5.50. The highest BCUT2D eigenvalue weighted by Gasteiger charge is 2.23. The average Bonchev–Trinajstić information content (AvgIpc) is 2.46. The minimum Gasteiger partial charge on any atom is -0.379 e. The number of ether oxygens (including phenoxy) is 1. The van der Waals surface area contributed by atoms with Crippen LogP contribution in [0.3, 0.4) is 0 Å². The highest BCUT2D eigenvalue weighted by atomic mass is 16.5. The molecule has 2 unspecified atom stereocenters. The van der Waals surface area contributed by atoms with Crippen LogP contribution in [0.1, 0.15) is 40.5 Å². The number of hydrogen-bond acceptors (Lipinski definition) is 3. The van der Waals surface area contributed by atoms with E-state index in [9.17, 15) is 0 Å². The molecule has 0 saturated carbocycles. The van der Waals surface area contributed by atoms with Gasteiger partial charge >= 0.3 is 0 Å². The van der Waals surface area contributed by atoms with Crippen molar-refractivity contribution in [2.24, 2.45) is 10.9 Å². The Bertz CT molecular complexity index is 307. The second-order valence-corrected chi connectivity index (χ2v) is 6.43. The lowest BCUT2D eigenvalue weighted by molar-refractivity contribution is -0.0174. The fraction of sp³-hybridized carbons (Fsp3) is 0.938. The van der Waals surface area contributed by atoms with Crippen molar-refractivity contribution in [3.63, 3.8) is 0 Å². The molecule has 2 atom stereocenters. The van der Waals surface area contributed by atoms with E-state index in [1.165, 1.54) is 12.8 Å². The monoisotopic (exact) mass is 298 g/mol. The van der Waals surface area contributed by atoms with Crippen LogP contribution in [0.25, 0.3) is 0 Å². The summed E-state index contributed by atoms with van der Waals surface area (Å²) in [4.78, 5) is 6.79. The van der Waals surface area contributed by atoms with Gasteiger partial charge in [0.25, 0.3) is 0 Å². The summed E-state index contributed by atoms with van der Waals surface area (Å²) < 4.78 is 5.50. The molecule has 1 fully saturated rings. The van der Waals surface area contributed by atoms with Gasteiger partial charge in [-0.2, -0.15) is 0 Å². The first kappa shape index (κ1) is 18.2. The summed E-state index contributed by atoms with van der Waals surface area (Å²) >= 11 is 0. The smallest absolute Gasteiger partial charge is 0.191 e. The van der Waals surface area contributed by atoms with Gasteiger partial charge in [-0.15, -0.1) is 0 Å². The van der Waals surface area contributed by atoms with Gasteiger partial charge in [0.15, 0.2) is 5.96 Å². The summed E-state index contributed by atoms with van der Waals surface area (Å²) in [6.07, 6.45) is 2.44. The van der Waals surface area contributed by atoms with Crippen LogP contribution in [0.5, 0.6) is 0 Å². The summed E-state index contributed by atoms with van der Waals surface area (Å²) in [5.41, 5.74) is 0. The summed E-state index contributed by atoms with van der Waals surface area (Å²) in [6.45, 7) is 13.6. The zero-order valence-corrected chi connectivity index (χ0v) is 14.5. The Kier molecular flexibility index (Phi) is 8.69. The van der Waals surface area contributed by atoms with Crippen LogP contribution in [-0.2, 0) is 4.74 Å². The SMILES string of the molecule is CN=C(NCCCC(C)C)NCC(C)N1CCOCC1C. The molecule has 1 aliphatic rings. The Morgan fingerprint density at radius 1 is 1.33 bits per heavy atom. The van der Waals surface area contributed by atoms with E-state index in [0.29, 0.717) is 12.1 Å². The summed E-state index contributed by atoms with van der Waals surface area (Å²) in [5.74, 6) is 1.68. The Balaban J connectivity index is 2.24. The number of aliphatic imine (C=N–C) groups is 1. The molecule has 2 N–H and O–H groups in total. The summed E-state index contributed by atoms with van der Waals surface area (Å²) in [6, 6.07) is 0.981. The van der Waals surface area contributed by atoms with Crippen LogP contribution in [0.4, 0.5) is 0 Å². The van der Waals surface area contributed by atoms with Crippen molar-refractivity contribution in [1.82, 2.24) is 15.5 Å². The van der Waals surface area contributed by atoms with E-state index in [2.05, 4.69) is 48.2 Å². The molecule has 0 spiro atoms. The van der Waals surface area contributed by atoms with E-state index in [0.717, 1.165) is 44.7 Å².